The third-order valence-corrected chi connectivity index (χ3v) is 3.78. The van der Waals surface area contributed by atoms with E-state index in [9.17, 15) is 0 Å². The highest BCUT2D eigenvalue weighted by Gasteiger charge is 2.07. The molecule has 0 aliphatic carbocycles. The third kappa shape index (κ3) is 3.49. The highest BCUT2D eigenvalue weighted by Crippen LogP contribution is 2.26. The molecule has 20 heavy (non-hydrogen) atoms. The minimum atomic E-state index is 0.403. The Morgan fingerprint density at radius 3 is 2.55 bits per heavy atom. The lowest BCUT2D eigenvalue weighted by Gasteiger charge is -2.15. The van der Waals surface area contributed by atoms with Crippen LogP contribution >= 0.6 is 0 Å². The molecule has 1 N–H and O–H groups in total. The summed E-state index contributed by atoms with van der Waals surface area (Å²) in [5.41, 5.74) is 6.66. The van der Waals surface area contributed by atoms with Crippen LogP contribution in [0, 0.1) is 13.8 Å². The van der Waals surface area contributed by atoms with Gasteiger partial charge in [0.25, 0.3) is 0 Å². The van der Waals surface area contributed by atoms with E-state index in [4.69, 9.17) is 0 Å². The quantitative estimate of drug-likeness (QED) is 0.801. The summed E-state index contributed by atoms with van der Waals surface area (Å²) >= 11 is 0. The Morgan fingerprint density at radius 1 is 1.05 bits per heavy atom. The summed E-state index contributed by atoms with van der Waals surface area (Å²) in [5, 5.41) is 3.55. The molecular formula is C19H25N. The molecule has 0 amide bonds. The third-order valence-electron chi connectivity index (χ3n) is 3.78. The van der Waals surface area contributed by atoms with Gasteiger partial charge in [-0.05, 0) is 62.1 Å². The van der Waals surface area contributed by atoms with E-state index in [2.05, 4.69) is 75.5 Å². The Bertz CT molecular complexity index is 572. The fourth-order valence-corrected chi connectivity index (χ4v) is 2.59. The molecule has 0 spiro atoms. The maximum Gasteiger partial charge on any atom is 0.0292 e. The number of rotatable bonds is 5. The standard InChI is InChI=1S/C19H25N/c1-5-11-20-16(4)17-7-6-8-18(13-17)19-10-9-14(2)12-15(19)3/h6-10,12-13,16,20H,5,11H2,1-4H3. The Morgan fingerprint density at radius 2 is 1.85 bits per heavy atom. The molecule has 2 aromatic rings. The van der Waals surface area contributed by atoms with Crippen LogP contribution in [0.1, 0.15) is 43.0 Å². The van der Waals surface area contributed by atoms with E-state index in [-0.39, 0.29) is 0 Å². The van der Waals surface area contributed by atoms with Crippen molar-refractivity contribution in [2.75, 3.05) is 6.54 Å². The van der Waals surface area contributed by atoms with Crippen LogP contribution in [0.3, 0.4) is 0 Å². The summed E-state index contributed by atoms with van der Waals surface area (Å²) in [4.78, 5) is 0. The first-order valence-corrected chi connectivity index (χ1v) is 7.52. The Kier molecular flexibility index (Phi) is 4.97. The van der Waals surface area contributed by atoms with E-state index in [0.29, 0.717) is 6.04 Å². The van der Waals surface area contributed by atoms with Crippen molar-refractivity contribution < 1.29 is 0 Å². The van der Waals surface area contributed by atoms with Crippen LogP contribution < -0.4 is 5.32 Å². The second kappa shape index (κ2) is 6.71. The molecule has 1 heteroatoms. The fraction of sp³-hybridized carbons (Fsp3) is 0.368. The van der Waals surface area contributed by atoms with Gasteiger partial charge in [-0.2, -0.15) is 0 Å². The lowest BCUT2D eigenvalue weighted by Crippen LogP contribution is -2.19. The molecule has 1 unspecified atom stereocenters. The van der Waals surface area contributed by atoms with E-state index >= 15 is 0 Å². The van der Waals surface area contributed by atoms with Crippen molar-refractivity contribution in [2.24, 2.45) is 0 Å². The van der Waals surface area contributed by atoms with Gasteiger partial charge in [0, 0.05) is 6.04 Å². The normalized spacial score (nSPS) is 12.4. The van der Waals surface area contributed by atoms with E-state index in [1.54, 1.807) is 0 Å². The molecule has 0 aromatic heterocycles. The van der Waals surface area contributed by atoms with Crippen LogP contribution in [0.2, 0.25) is 0 Å². The summed E-state index contributed by atoms with van der Waals surface area (Å²) in [6.45, 7) is 9.83. The van der Waals surface area contributed by atoms with Gasteiger partial charge in [-0.25, -0.2) is 0 Å². The molecule has 0 radical (unpaired) electrons. The average Bonchev–Trinajstić information content (AvgIpc) is 2.45. The van der Waals surface area contributed by atoms with Crippen LogP contribution in [-0.2, 0) is 0 Å². The maximum atomic E-state index is 3.55. The number of benzene rings is 2. The van der Waals surface area contributed by atoms with Crippen molar-refractivity contribution in [2.45, 2.75) is 40.2 Å². The van der Waals surface area contributed by atoms with Gasteiger partial charge in [0.15, 0.2) is 0 Å². The van der Waals surface area contributed by atoms with Crippen molar-refractivity contribution in [3.63, 3.8) is 0 Å². The molecule has 0 bridgehead atoms. The van der Waals surface area contributed by atoms with Gasteiger partial charge in [-0.1, -0.05) is 48.9 Å². The number of hydrogen-bond acceptors (Lipinski definition) is 1. The SMILES string of the molecule is CCCNC(C)c1cccc(-c2ccc(C)cc2C)c1. The van der Waals surface area contributed by atoms with Gasteiger partial charge in [0.05, 0.1) is 0 Å². The van der Waals surface area contributed by atoms with E-state index in [1.165, 1.54) is 34.2 Å². The van der Waals surface area contributed by atoms with Gasteiger partial charge >= 0.3 is 0 Å². The highest BCUT2D eigenvalue weighted by molar-refractivity contribution is 5.68. The van der Waals surface area contributed by atoms with E-state index in [0.717, 1.165) is 6.54 Å². The van der Waals surface area contributed by atoms with Gasteiger partial charge in [0.1, 0.15) is 0 Å². The topological polar surface area (TPSA) is 12.0 Å². The lowest BCUT2D eigenvalue weighted by molar-refractivity contribution is 0.571. The first-order chi connectivity index (χ1) is 9.61. The maximum absolute atomic E-state index is 3.55. The molecule has 0 saturated heterocycles. The summed E-state index contributed by atoms with van der Waals surface area (Å²) < 4.78 is 0. The molecular weight excluding hydrogens is 242 g/mol. The van der Waals surface area contributed by atoms with Crippen LogP contribution in [0.15, 0.2) is 42.5 Å². The molecule has 0 fully saturated rings. The molecule has 0 aliphatic heterocycles. The zero-order valence-corrected chi connectivity index (χ0v) is 13.0. The molecule has 1 atom stereocenters. The Labute approximate surface area is 123 Å². The minimum Gasteiger partial charge on any atom is -0.310 e. The van der Waals surface area contributed by atoms with Crippen LogP contribution in [0.4, 0.5) is 0 Å². The van der Waals surface area contributed by atoms with Crippen molar-refractivity contribution in [3.05, 3.63) is 59.2 Å². The molecule has 2 aromatic carbocycles. The van der Waals surface area contributed by atoms with Crippen molar-refractivity contribution in [1.29, 1.82) is 0 Å². The Balaban J connectivity index is 2.29. The molecule has 0 aliphatic rings. The van der Waals surface area contributed by atoms with Crippen LogP contribution in [0.5, 0.6) is 0 Å². The summed E-state index contributed by atoms with van der Waals surface area (Å²) in [5.74, 6) is 0. The number of aryl methyl sites for hydroxylation is 2. The fourth-order valence-electron chi connectivity index (χ4n) is 2.59. The monoisotopic (exact) mass is 267 g/mol. The lowest BCUT2D eigenvalue weighted by atomic mass is 9.96. The van der Waals surface area contributed by atoms with Gasteiger partial charge in [0.2, 0.25) is 0 Å². The van der Waals surface area contributed by atoms with Crippen molar-refractivity contribution >= 4 is 0 Å². The minimum absolute atomic E-state index is 0.403. The predicted molar refractivity (Wildman–Crippen MR) is 88.1 cm³/mol. The summed E-state index contributed by atoms with van der Waals surface area (Å²) in [7, 11) is 0. The average molecular weight is 267 g/mol. The predicted octanol–water partition coefficient (Wildman–Crippen LogP) is 5.03. The zero-order chi connectivity index (χ0) is 14.5. The first-order valence-electron chi connectivity index (χ1n) is 7.52. The van der Waals surface area contributed by atoms with Gasteiger partial charge in [-0.3, -0.25) is 0 Å². The second-order valence-corrected chi connectivity index (χ2v) is 5.62. The van der Waals surface area contributed by atoms with Crippen LogP contribution in [-0.4, -0.2) is 6.54 Å². The largest absolute Gasteiger partial charge is 0.310 e. The highest BCUT2D eigenvalue weighted by atomic mass is 14.9. The number of hydrogen-bond donors (Lipinski definition) is 1. The smallest absolute Gasteiger partial charge is 0.0292 e. The first kappa shape index (κ1) is 14.8. The molecule has 106 valence electrons. The molecule has 2 rings (SSSR count). The van der Waals surface area contributed by atoms with Crippen LogP contribution in [0.25, 0.3) is 11.1 Å². The van der Waals surface area contributed by atoms with Crippen molar-refractivity contribution in [1.82, 2.24) is 5.32 Å². The molecule has 0 saturated carbocycles. The molecule has 0 heterocycles. The number of nitrogens with one attached hydrogen (secondary N) is 1. The van der Waals surface area contributed by atoms with Gasteiger partial charge in [-0.15, -0.1) is 0 Å². The zero-order valence-electron chi connectivity index (χ0n) is 13.0. The summed E-state index contributed by atoms with van der Waals surface area (Å²) in [6, 6.07) is 16.0. The second-order valence-electron chi connectivity index (χ2n) is 5.62. The van der Waals surface area contributed by atoms with E-state index in [1.807, 2.05) is 0 Å². The Hall–Kier alpha value is -1.60. The van der Waals surface area contributed by atoms with Crippen molar-refractivity contribution in [3.8, 4) is 11.1 Å². The van der Waals surface area contributed by atoms with E-state index < -0.39 is 0 Å². The summed E-state index contributed by atoms with van der Waals surface area (Å²) in [6.07, 6.45) is 1.17. The van der Waals surface area contributed by atoms with Gasteiger partial charge < -0.3 is 5.32 Å². The molecule has 1 nitrogen and oxygen atoms in total.